The van der Waals surface area contributed by atoms with Crippen LogP contribution in [0.25, 0.3) is 0 Å². The Hall–Kier alpha value is -1.61. The fraction of sp³-hybridized carbons (Fsp3) is 0.333. The predicted octanol–water partition coefficient (Wildman–Crippen LogP) is 3.62. The molecule has 2 nitrogen and oxygen atoms in total. The fourth-order valence-electron chi connectivity index (χ4n) is 2.15. The molecule has 0 fully saturated rings. The summed E-state index contributed by atoms with van der Waals surface area (Å²) in [5, 5.41) is 3.36. The van der Waals surface area contributed by atoms with Gasteiger partial charge in [-0.2, -0.15) is 0 Å². The lowest BCUT2D eigenvalue weighted by Crippen LogP contribution is -2.23. The number of furan rings is 1. The van der Waals surface area contributed by atoms with E-state index in [9.17, 15) is 4.39 Å². The van der Waals surface area contributed by atoms with Crippen LogP contribution in [0.3, 0.4) is 0 Å². The van der Waals surface area contributed by atoms with E-state index in [4.69, 9.17) is 4.42 Å². The van der Waals surface area contributed by atoms with Crippen molar-refractivity contribution >= 4 is 0 Å². The molecule has 1 aromatic heterocycles. The third kappa shape index (κ3) is 3.20. The average molecular weight is 247 g/mol. The lowest BCUT2D eigenvalue weighted by atomic mass is 10.0. The SMILES string of the molecule is CCNC(Cc1ccco1)c1cc(C)cc(F)c1. The zero-order valence-corrected chi connectivity index (χ0v) is 10.7. The first-order chi connectivity index (χ1) is 8.69. The number of benzene rings is 1. The molecule has 18 heavy (non-hydrogen) atoms. The summed E-state index contributed by atoms with van der Waals surface area (Å²) in [5.74, 6) is 0.718. The smallest absolute Gasteiger partial charge is 0.123 e. The molecule has 0 aliphatic carbocycles. The van der Waals surface area contributed by atoms with Crippen molar-refractivity contribution in [2.24, 2.45) is 0 Å². The van der Waals surface area contributed by atoms with Crippen LogP contribution in [0, 0.1) is 12.7 Å². The number of aryl methyl sites for hydroxylation is 1. The maximum atomic E-state index is 13.5. The van der Waals surface area contributed by atoms with E-state index in [1.807, 2.05) is 32.0 Å². The molecule has 1 heterocycles. The van der Waals surface area contributed by atoms with Gasteiger partial charge in [-0.15, -0.1) is 0 Å². The molecule has 0 aliphatic rings. The summed E-state index contributed by atoms with van der Waals surface area (Å²) in [6.07, 6.45) is 2.39. The predicted molar refractivity (Wildman–Crippen MR) is 70.0 cm³/mol. The summed E-state index contributed by atoms with van der Waals surface area (Å²) in [6.45, 7) is 4.78. The van der Waals surface area contributed by atoms with Gasteiger partial charge in [0.25, 0.3) is 0 Å². The van der Waals surface area contributed by atoms with Crippen LogP contribution in [-0.4, -0.2) is 6.54 Å². The second-order valence-electron chi connectivity index (χ2n) is 4.46. The molecular formula is C15H18FNO. The van der Waals surface area contributed by atoms with Crippen molar-refractivity contribution in [3.8, 4) is 0 Å². The summed E-state index contributed by atoms with van der Waals surface area (Å²) in [6, 6.07) is 9.03. The normalized spacial score (nSPS) is 12.6. The Labute approximate surface area is 107 Å². The highest BCUT2D eigenvalue weighted by atomic mass is 19.1. The Morgan fingerprint density at radius 2 is 2.17 bits per heavy atom. The molecule has 1 unspecified atom stereocenters. The van der Waals surface area contributed by atoms with Crippen molar-refractivity contribution in [2.45, 2.75) is 26.3 Å². The maximum absolute atomic E-state index is 13.5. The zero-order valence-electron chi connectivity index (χ0n) is 10.7. The fourth-order valence-corrected chi connectivity index (χ4v) is 2.15. The molecule has 1 aromatic carbocycles. The van der Waals surface area contributed by atoms with Crippen molar-refractivity contribution in [1.29, 1.82) is 0 Å². The van der Waals surface area contributed by atoms with Crippen molar-refractivity contribution in [3.63, 3.8) is 0 Å². The van der Waals surface area contributed by atoms with Gasteiger partial charge in [-0.25, -0.2) is 4.39 Å². The van der Waals surface area contributed by atoms with Crippen LogP contribution in [0.4, 0.5) is 4.39 Å². The molecule has 0 radical (unpaired) electrons. The minimum Gasteiger partial charge on any atom is -0.469 e. The standard InChI is InChI=1S/C15H18FNO/c1-3-17-15(10-14-5-4-6-18-14)12-7-11(2)8-13(16)9-12/h4-9,15,17H,3,10H2,1-2H3. The van der Waals surface area contributed by atoms with Gasteiger partial charge in [-0.05, 0) is 48.9 Å². The van der Waals surface area contributed by atoms with E-state index in [1.54, 1.807) is 18.4 Å². The Balaban J connectivity index is 2.23. The van der Waals surface area contributed by atoms with E-state index >= 15 is 0 Å². The lowest BCUT2D eigenvalue weighted by molar-refractivity contribution is 0.453. The first-order valence-corrected chi connectivity index (χ1v) is 6.22. The quantitative estimate of drug-likeness (QED) is 0.873. The van der Waals surface area contributed by atoms with E-state index in [1.165, 1.54) is 0 Å². The number of rotatable bonds is 5. The summed E-state index contributed by atoms with van der Waals surface area (Å²) >= 11 is 0. The topological polar surface area (TPSA) is 25.2 Å². The molecule has 96 valence electrons. The van der Waals surface area contributed by atoms with E-state index < -0.39 is 0 Å². The molecule has 0 aliphatic heterocycles. The van der Waals surface area contributed by atoms with Gasteiger partial charge in [0.05, 0.1) is 6.26 Å². The van der Waals surface area contributed by atoms with Gasteiger partial charge in [0, 0.05) is 12.5 Å². The molecule has 0 spiro atoms. The molecule has 0 bridgehead atoms. The Morgan fingerprint density at radius 3 is 2.78 bits per heavy atom. The van der Waals surface area contributed by atoms with Gasteiger partial charge in [-0.1, -0.05) is 13.0 Å². The minimum atomic E-state index is -0.188. The first-order valence-electron chi connectivity index (χ1n) is 6.22. The van der Waals surface area contributed by atoms with Crippen LogP contribution in [0.5, 0.6) is 0 Å². The molecule has 2 aromatic rings. The highest BCUT2D eigenvalue weighted by Gasteiger charge is 2.14. The lowest BCUT2D eigenvalue weighted by Gasteiger charge is -2.18. The number of hydrogen-bond donors (Lipinski definition) is 1. The molecule has 1 N–H and O–H groups in total. The summed E-state index contributed by atoms with van der Waals surface area (Å²) < 4.78 is 18.8. The molecule has 0 amide bonds. The van der Waals surface area contributed by atoms with Crippen LogP contribution in [0.15, 0.2) is 41.0 Å². The molecule has 2 rings (SSSR count). The highest BCUT2D eigenvalue weighted by molar-refractivity contribution is 5.27. The Morgan fingerprint density at radius 1 is 1.33 bits per heavy atom. The van der Waals surface area contributed by atoms with Gasteiger partial charge in [-0.3, -0.25) is 0 Å². The maximum Gasteiger partial charge on any atom is 0.123 e. The number of nitrogens with one attached hydrogen (secondary N) is 1. The van der Waals surface area contributed by atoms with Crippen molar-refractivity contribution in [2.75, 3.05) is 6.54 Å². The van der Waals surface area contributed by atoms with Gasteiger partial charge >= 0.3 is 0 Å². The number of likely N-dealkylation sites (N-methyl/N-ethyl adjacent to an activating group) is 1. The third-order valence-electron chi connectivity index (χ3n) is 2.90. The van der Waals surface area contributed by atoms with E-state index in [0.29, 0.717) is 0 Å². The molecule has 0 saturated heterocycles. The Bertz CT molecular complexity index is 473. The van der Waals surface area contributed by atoms with E-state index in [2.05, 4.69) is 5.32 Å². The average Bonchev–Trinajstić information content (AvgIpc) is 2.80. The second-order valence-corrected chi connectivity index (χ2v) is 4.46. The number of halogens is 1. The highest BCUT2D eigenvalue weighted by Crippen LogP contribution is 2.21. The van der Waals surface area contributed by atoms with Crippen LogP contribution < -0.4 is 5.32 Å². The zero-order chi connectivity index (χ0) is 13.0. The largest absolute Gasteiger partial charge is 0.469 e. The summed E-state index contributed by atoms with van der Waals surface area (Å²) in [5.41, 5.74) is 1.90. The van der Waals surface area contributed by atoms with E-state index in [0.717, 1.165) is 29.9 Å². The summed E-state index contributed by atoms with van der Waals surface area (Å²) in [4.78, 5) is 0. The monoisotopic (exact) mass is 247 g/mol. The number of hydrogen-bond acceptors (Lipinski definition) is 2. The third-order valence-corrected chi connectivity index (χ3v) is 2.90. The summed E-state index contributed by atoms with van der Waals surface area (Å²) in [7, 11) is 0. The van der Waals surface area contributed by atoms with Crippen LogP contribution in [0.2, 0.25) is 0 Å². The van der Waals surface area contributed by atoms with Gasteiger partial charge in [0.1, 0.15) is 11.6 Å². The van der Waals surface area contributed by atoms with Gasteiger partial charge in [0.15, 0.2) is 0 Å². The van der Waals surface area contributed by atoms with Crippen molar-refractivity contribution < 1.29 is 8.81 Å². The van der Waals surface area contributed by atoms with E-state index in [-0.39, 0.29) is 11.9 Å². The van der Waals surface area contributed by atoms with Crippen LogP contribution >= 0.6 is 0 Å². The minimum absolute atomic E-state index is 0.0792. The van der Waals surface area contributed by atoms with Crippen molar-refractivity contribution in [1.82, 2.24) is 5.32 Å². The first kappa shape index (κ1) is 12.8. The van der Waals surface area contributed by atoms with Gasteiger partial charge < -0.3 is 9.73 Å². The Kier molecular flexibility index (Phi) is 4.15. The van der Waals surface area contributed by atoms with Crippen LogP contribution in [-0.2, 0) is 6.42 Å². The molecule has 1 atom stereocenters. The van der Waals surface area contributed by atoms with Crippen LogP contribution in [0.1, 0.15) is 29.9 Å². The molecule has 3 heteroatoms. The molecule has 0 saturated carbocycles. The second kappa shape index (κ2) is 5.83. The van der Waals surface area contributed by atoms with Crippen molar-refractivity contribution in [3.05, 3.63) is 59.3 Å². The molecular weight excluding hydrogens is 229 g/mol. The van der Waals surface area contributed by atoms with Gasteiger partial charge in [0.2, 0.25) is 0 Å².